The molecular formula is C9H12BrNO2. The highest BCUT2D eigenvalue weighted by atomic mass is 79.9. The van der Waals surface area contributed by atoms with Gasteiger partial charge in [-0.15, -0.1) is 0 Å². The first-order chi connectivity index (χ1) is 6.20. The van der Waals surface area contributed by atoms with Gasteiger partial charge in [0.05, 0.1) is 6.61 Å². The Morgan fingerprint density at radius 2 is 2.15 bits per heavy atom. The fourth-order valence-corrected chi connectivity index (χ4v) is 1.89. The Bertz CT molecular complexity index is 267. The van der Waals surface area contributed by atoms with Gasteiger partial charge in [-0.05, 0) is 12.1 Å². The second kappa shape index (κ2) is 4.60. The van der Waals surface area contributed by atoms with Crippen LogP contribution in [-0.4, -0.2) is 23.4 Å². The van der Waals surface area contributed by atoms with E-state index in [9.17, 15) is 5.11 Å². The van der Waals surface area contributed by atoms with E-state index in [1.807, 2.05) is 6.07 Å². The van der Waals surface area contributed by atoms with Crippen LogP contribution >= 0.6 is 15.9 Å². The normalized spacial score (nSPS) is 12.8. The van der Waals surface area contributed by atoms with Gasteiger partial charge in [0.2, 0.25) is 0 Å². The highest BCUT2D eigenvalue weighted by Crippen LogP contribution is 2.31. The number of hydrogen-bond donors (Lipinski definition) is 3. The first kappa shape index (κ1) is 10.5. The molecule has 1 aromatic carbocycles. The first-order valence-corrected chi connectivity index (χ1v) is 4.78. The number of aliphatic hydroxyl groups is 1. The number of aliphatic hydroxyl groups excluding tert-OH is 1. The minimum absolute atomic E-state index is 0.0628. The van der Waals surface area contributed by atoms with Crippen LogP contribution in [0.15, 0.2) is 22.7 Å². The molecule has 0 aromatic heterocycles. The van der Waals surface area contributed by atoms with Crippen LogP contribution in [0.25, 0.3) is 0 Å². The highest BCUT2D eigenvalue weighted by Gasteiger charge is 2.15. The monoisotopic (exact) mass is 245 g/mol. The fourth-order valence-electron chi connectivity index (χ4n) is 1.21. The van der Waals surface area contributed by atoms with Crippen molar-refractivity contribution in [2.24, 2.45) is 5.73 Å². The highest BCUT2D eigenvalue weighted by molar-refractivity contribution is 9.10. The lowest BCUT2D eigenvalue weighted by molar-refractivity contribution is 0.264. The Kier molecular flexibility index (Phi) is 3.71. The Morgan fingerprint density at radius 3 is 2.62 bits per heavy atom. The van der Waals surface area contributed by atoms with Crippen LogP contribution in [0.5, 0.6) is 5.75 Å². The minimum Gasteiger partial charge on any atom is -0.508 e. The Morgan fingerprint density at radius 1 is 1.46 bits per heavy atom. The largest absolute Gasteiger partial charge is 0.508 e. The summed E-state index contributed by atoms with van der Waals surface area (Å²) in [5.74, 6) is -0.0468. The Hall–Kier alpha value is -0.580. The Balaban J connectivity index is 3.10. The van der Waals surface area contributed by atoms with Gasteiger partial charge in [-0.3, -0.25) is 0 Å². The zero-order valence-electron chi connectivity index (χ0n) is 7.07. The van der Waals surface area contributed by atoms with E-state index in [1.54, 1.807) is 12.1 Å². The summed E-state index contributed by atoms with van der Waals surface area (Å²) >= 11 is 3.30. The molecule has 0 aliphatic rings. The van der Waals surface area contributed by atoms with Crippen LogP contribution in [0.3, 0.4) is 0 Å². The van der Waals surface area contributed by atoms with E-state index in [0.29, 0.717) is 12.1 Å². The average Bonchev–Trinajstić information content (AvgIpc) is 2.11. The van der Waals surface area contributed by atoms with Crippen molar-refractivity contribution in [3.05, 3.63) is 28.2 Å². The lowest BCUT2D eigenvalue weighted by Gasteiger charge is -2.15. The van der Waals surface area contributed by atoms with E-state index in [4.69, 9.17) is 10.8 Å². The predicted molar refractivity (Wildman–Crippen MR) is 54.7 cm³/mol. The molecule has 1 aromatic rings. The predicted octanol–water partition coefficient (Wildman–Crippen LogP) is 1.19. The zero-order valence-corrected chi connectivity index (χ0v) is 8.66. The second-order valence-electron chi connectivity index (χ2n) is 2.79. The molecule has 1 unspecified atom stereocenters. The molecule has 0 heterocycles. The third-order valence-corrected chi connectivity index (χ3v) is 2.63. The number of hydrogen-bond acceptors (Lipinski definition) is 3. The number of nitrogens with two attached hydrogens (primary N) is 1. The average molecular weight is 246 g/mol. The first-order valence-electron chi connectivity index (χ1n) is 3.99. The molecular weight excluding hydrogens is 234 g/mol. The molecule has 13 heavy (non-hydrogen) atoms. The standard InChI is InChI=1S/C9H12BrNO2/c10-7-2-1-3-8(13)9(7)6(4-11)5-12/h1-3,6,12-13H,4-5,11H2. The van der Waals surface area contributed by atoms with Crippen molar-refractivity contribution in [1.82, 2.24) is 0 Å². The van der Waals surface area contributed by atoms with Crippen LogP contribution in [0.1, 0.15) is 11.5 Å². The number of phenols is 1. The molecule has 4 heteroatoms. The molecule has 0 amide bonds. The van der Waals surface area contributed by atoms with Gasteiger partial charge in [0.25, 0.3) is 0 Å². The van der Waals surface area contributed by atoms with Gasteiger partial charge in [0.1, 0.15) is 5.75 Å². The Labute approximate surface area is 85.3 Å². The molecule has 0 saturated heterocycles. The van der Waals surface area contributed by atoms with Crippen molar-refractivity contribution in [3.8, 4) is 5.75 Å². The smallest absolute Gasteiger partial charge is 0.120 e. The molecule has 0 aliphatic carbocycles. The number of benzene rings is 1. The van der Waals surface area contributed by atoms with E-state index in [0.717, 1.165) is 4.47 Å². The maximum absolute atomic E-state index is 9.53. The van der Waals surface area contributed by atoms with E-state index in [-0.39, 0.29) is 18.3 Å². The summed E-state index contributed by atoms with van der Waals surface area (Å²) in [5.41, 5.74) is 6.13. The lowest BCUT2D eigenvalue weighted by Crippen LogP contribution is -2.16. The molecule has 1 rings (SSSR count). The third kappa shape index (κ3) is 2.21. The van der Waals surface area contributed by atoms with Crippen molar-refractivity contribution in [1.29, 1.82) is 0 Å². The van der Waals surface area contributed by atoms with Crippen molar-refractivity contribution >= 4 is 15.9 Å². The summed E-state index contributed by atoms with van der Waals surface area (Å²) in [7, 11) is 0. The van der Waals surface area contributed by atoms with Gasteiger partial charge < -0.3 is 15.9 Å². The quantitative estimate of drug-likeness (QED) is 0.750. The fraction of sp³-hybridized carbons (Fsp3) is 0.333. The molecule has 4 N–H and O–H groups in total. The maximum Gasteiger partial charge on any atom is 0.120 e. The summed E-state index contributed by atoms with van der Waals surface area (Å²) in [4.78, 5) is 0. The molecule has 0 radical (unpaired) electrons. The van der Waals surface area contributed by atoms with Gasteiger partial charge in [-0.25, -0.2) is 0 Å². The number of aromatic hydroxyl groups is 1. The van der Waals surface area contributed by atoms with Gasteiger partial charge in [0.15, 0.2) is 0 Å². The molecule has 0 aliphatic heterocycles. The molecule has 0 fully saturated rings. The van der Waals surface area contributed by atoms with Gasteiger partial charge >= 0.3 is 0 Å². The molecule has 0 saturated carbocycles. The van der Waals surface area contributed by atoms with Crippen molar-refractivity contribution in [3.63, 3.8) is 0 Å². The SMILES string of the molecule is NCC(CO)c1c(O)cccc1Br. The maximum atomic E-state index is 9.53. The number of rotatable bonds is 3. The summed E-state index contributed by atoms with van der Waals surface area (Å²) < 4.78 is 0.775. The second-order valence-corrected chi connectivity index (χ2v) is 3.64. The van der Waals surface area contributed by atoms with Gasteiger partial charge in [0, 0.05) is 22.5 Å². The molecule has 3 nitrogen and oxygen atoms in total. The zero-order chi connectivity index (χ0) is 9.84. The minimum atomic E-state index is -0.212. The topological polar surface area (TPSA) is 66.5 Å². The van der Waals surface area contributed by atoms with E-state index < -0.39 is 0 Å². The van der Waals surface area contributed by atoms with E-state index >= 15 is 0 Å². The summed E-state index contributed by atoms with van der Waals surface area (Å²) in [6.07, 6.45) is 0. The third-order valence-electron chi connectivity index (χ3n) is 1.94. The summed E-state index contributed by atoms with van der Waals surface area (Å²) in [6, 6.07) is 5.12. The van der Waals surface area contributed by atoms with E-state index in [1.165, 1.54) is 0 Å². The van der Waals surface area contributed by atoms with Gasteiger partial charge in [-0.2, -0.15) is 0 Å². The van der Waals surface area contributed by atoms with Crippen LogP contribution in [0, 0.1) is 0 Å². The molecule has 1 atom stereocenters. The van der Waals surface area contributed by atoms with E-state index in [2.05, 4.69) is 15.9 Å². The lowest BCUT2D eigenvalue weighted by atomic mass is 9.99. The van der Waals surface area contributed by atoms with Crippen LogP contribution < -0.4 is 5.73 Å². The van der Waals surface area contributed by atoms with Crippen LogP contribution in [0.2, 0.25) is 0 Å². The van der Waals surface area contributed by atoms with Crippen molar-refractivity contribution in [2.45, 2.75) is 5.92 Å². The number of halogens is 1. The molecule has 72 valence electrons. The summed E-state index contributed by atoms with van der Waals surface area (Å²) in [5, 5.41) is 18.5. The number of phenolic OH excluding ortho intramolecular Hbond substituents is 1. The molecule has 0 spiro atoms. The van der Waals surface area contributed by atoms with Crippen molar-refractivity contribution < 1.29 is 10.2 Å². The van der Waals surface area contributed by atoms with Crippen LogP contribution in [-0.2, 0) is 0 Å². The van der Waals surface area contributed by atoms with Crippen LogP contribution in [0.4, 0.5) is 0 Å². The molecule has 0 bridgehead atoms. The van der Waals surface area contributed by atoms with Crippen molar-refractivity contribution in [2.75, 3.05) is 13.2 Å². The summed E-state index contributed by atoms with van der Waals surface area (Å²) in [6.45, 7) is 0.249. The van der Waals surface area contributed by atoms with Gasteiger partial charge in [-0.1, -0.05) is 22.0 Å².